The van der Waals surface area contributed by atoms with Crippen molar-refractivity contribution in [3.05, 3.63) is 60.4 Å². The molecule has 8 nitrogen and oxygen atoms in total. The highest BCUT2D eigenvalue weighted by atomic mass is 16.5. The Balaban J connectivity index is 1.32. The molecule has 3 heterocycles. The number of benzene rings is 1. The second-order valence-electron chi connectivity index (χ2n) is 8.75. The molecule has 0 spiro atoms. The lowest BCUT2D eigenvalue weighted by Crippen LogP contribution is -2.28. The first-order chi connectivity index (χ1) is 15.1. The van der Waals surface area contributed by atoms with Crippen LogP contribution >= 0.6 is 0 Å². The molecular formula is C23H23N7O. The topological polar surface area (TPSA) is 109 Å². The zero-order valence-corrected chi connectivity index (χ0v) is 17.3. The molecule has 156 valence electrons. The number of aromatic nitrogens is 6. The Bertz CT molecular complexity index is 1220. The van der Waals surface area contributed by atoms with E-state index in [1.165, 1.54) is 18.4 Å². The average molecular weight is 413 g/mol. The molecule has 0 saturated heterocycles. The van der Waals surface area contributed by atoms with Crippen LogP contribution < -0.4 is 5.73 Å². The van der Waals surface area contributed by atoms with E-state index in [4.69, 9.17) is 15.2 Å². The smallest absolute Gasteiger partial charge is 0.261 e. The van der Waals surface area contributed by atoms with Gasteiger partial charge in [0.15, 0.2) is 5.82 Å². The van der Waals surface area contributed by atoms with Crippen LogP contribution in [0, 0.1) is 5.92 Å². The van der Waals surface area contributed by atoms with Crippen LogP contribution in [0.4, 0.5) is 5.95 Å². The summed E-state index contributed by atoms with van der Waals surface area (Å²) in [6.07, 6.45) is 12.0. The molecule has 1 atom stereocenters. The fourth-order valence-corrected chi connectivity index (χ4v) is 4.24. The fraction of sp³-hybridized carbons (Fsp3) is 0.348. The van der Waals surface area contributed by atoms with Crippen molar-refractivity contribution in [1.82, 2.24) is 29.9 Å². The third kappa shape index (κ3) is 3.19. The molecule has 3 aromatic heterocycles. The van der Waals surface area contributed by atoms with Gasteiger partial charge in [0.2, 0.25) is 5.95 Å². The molecule has 2 aliphatic carbocycles. The SMILES string of the molecule is C[C@@](c1ccc(-c2cnc(N)nc2)cc1)(c1noc(-c2cnn(C3CC3)c2)n1)C1CC1. The Hall–Kier alpha value is -3.55. The molecule has 0 aliphatic heterocycles. The Morgan fingerprint density at radius 3 is 2.39 bits per heavy atom. The first-order valence-electron chi connectivity index (χ1n) is 10.7. The van der Waals surface area contributed by atoms with Gasteiger partial charge in [-0.3, -0.25) is 4.68 Å². The van der Waals surface area contributed by atoms with Gasteiger partial charge >= 0.3 is 0 Å². The Morgan fingerprint density at radius 2 is 1.71 bits per heavy atom. The van der Waals surface area contributed by atoms with Crippen molar-refractivity contribution in [2.45, 2.75) is 44.1 Å². The number of nitrogens with two attached hydrogens (primary N) is 1. The first-order valence-corrected chi connectivity index (χ1v) is 10.7. The van der Waals surface area contributed by atoms with Crippen LogP contribution in [0.1, 0.15) is 50.0 Å². The highest BCUT2D eigenvalue weighted by Gasteiger charge is 2.47. The number of rotatable bonds is 6. The van der Waals surface area contributed by atoms with Gasteiger partial charge < -0.3 is 10.3 Å². The Labute approximate surface area is 179 Å². The minimum Gasteiger partial charge on any atom is -0.368 e. The van der Waals surface area contributed by atoms with Crippen LogP contribution in [0.5, 0.6) is 0 Å². The highest BCUT2D eigenvalue weighted by molar-refractivity contribution is 5.63. The molecule has 4 aromatic rings. The molecule has 2 aliphatic rings. The van der Waals surface area contributed by atoms with Crippen molar-refractivity contribution >= 4 is 5.95 Å². The summed E-state index contributed by atoms with van der Waals surface area (Å²) in [6.45, 7) is 2.22. The molecule has 0 amide bonds. The number of nitrogen functional groups attached to an aromatic ring is 1. The van der Waals surface area contributed by atoms with Crippen LogP contribution in [0.3, 0.4) is 0 Å². The van der Waals surface area contributed by atoms with E-state index in [2.05, 4.69) is 51.4 Å². The molecule has 8 heteroatoms. The zero-order chi connectivity index (χ0) is 21.0. The van der Waals surface area contributed by atoms with Crippen LogP contribution in [0.2, 0.25) is 0 Å². The minimum absolute atomic E-state index is 0.275. The molecule has 0 bridgehead atoms. The fourth-order valence-electron chi connectivity index (χ4n) is 4.24. The second kappa shape index (κ2) is 6.73. The van der Waals surface area contributed by atoms with Gasteiger partial charge in [-0.2, -0.15) is 10.1 Å². The molecule has 0 unspecified atom stereocenters. The summed E-state index contributed by atoms with van der Waals surface area (Å²) in [7, 11) is 0. The summed E-state index contributed by atoms with van der Waals surface area (Å²) < 4.78 is 7.67. The summed E-state index contributed by atoms with van der Waals surface area (Å²) in [5.41, 5.74) is 9.33. The third-order valence-corrected chi connectivity index (χ3v) is 6.54. The summed E-state index contributed by atoms with van der Waals surface area (Å²) in [5, 5.41) is 8.85. The molecule has 2 N–H and O–H groups in total. The largest absolute Gasteiger partial charge is 0.368 e. The maximum atomic E-state index is 5.67. The third-order valence-electron chi connectivity index (χ3n) is 6.54. The molecule has 31 heavy (non-hydrogen) atoms. The lowest BCUT2D eigenvalue weighted by molar-refractivity contribution is 0.386. The van der Waals surface area contributed by atoms with Crippen molar-refractivity contribution in [2.24, 2.45) is 5.92 Å². The standard InChI is InChI=1S/C23H23N7O/c1-23(18-6-7-18,17-4-2-14(3-5-17)15-10-25-22(24)26-11-15)21-28-20(31-29-21)16-12-27-30(13-16)19-8-9-19/h2-5,10-13,18-19H,6-9H2,1H3,(H2,24,25,26)/t23-/m0/s1. The van der Waals surface area contributed by atoms with E-state index in [0.717, 1.165) is 35.4 Å². The van der Waals surface area contributed by atoms with Crippen molar-refractivity contribution < 1.29 is 4.52 Å². The quantitative estimate of drug-likeness (QED) is 0.508. The predicted octanol–water partition coefficient (Wildman–Crippen LogP) is 4.02. The van der Waals surface area contributed by atoms with Crippen LogP contribution in [0.15, 0.2) is 53.6 Å². The van der Waals surface area contributed by atoms with Crippen molar-refractivity contribution in [3.8, 4) is 22.6 Å². The Morgan fingerprint density at radius 1 is 0.968 bits per heavy atom. The van der Waals surface area contributed by atoms with Crippen LogP contribution in [0.25, 0.3) is 22.6 Å². The monoisotopic (exact) mass is 413 g/mol. The zero-order valence-electron chi connectivity index (χ0n) is 17.3. The molecule has 6 rings (SSSR count). The van der Waals surface area contributed by atoms with Gasteiger partial charge in [-0.15, -0.1) is 0 Å². The normalized spacial score (nSPS) is 18.1. The van der Waals surface area contributed by atoms with E-state index in [1.54, 1.807) is 12.4 Å². The van der Waals surface area contributed by atoms with Crippen LogP contribution in [-0.4, -0.2) is 29.9 Å². The van der Waals surface area contributed by atoms with E-state index in [1.807, 2.05) is 17.1 Å². The summed E-state index contributed by atoms with van der Waals surface area (Å²) in [6, 6.07) is 8.99. The highest BCUT2D eigenvalue weighted by Crippen LogP contribution is 2.50. The van der Waals surface area contributed by atoms with E-state index in [0.29, 0.717) is 17.9 Å². The molecular weight excluding hydrogens is 390 g/mol. The van der Waals surface area contributed by atoms with Gasteiger partial charge in [0.1, 0.15) is 0 Å². The van der Waals surface area contributed by atoms with Gasteiger partial charge in [-0.05, 0) is 49.7 Å². The first kappa shape index (κ1) is 18.2. The minimum atomic E-state index is -0.301. The predicted molar refractivity (Wildman–Crippen MR) is 115 cm³/mol. The van der Waals surface area contributed by atoms with E-state index in [-0.39, 0.29) is 11.4 Å². The maximum Gasteiger partial charge on any atom is 0.261 e. The average Bonchev–Trinajstić information content (AvgIpc) is 3.73. The molecule has 0 radical (unpaired) electrons. The van der Waals surface area contributed by atoms with Gasteiger partial charge in [0, 0.05) is 24.2 Å². The van der Waals surface area contributed by atoms with Crippen molar-refractivity contribution in [2.75, 3.05) is 5.73 Å². The van der Waals surface area contributed by atoms with Gasteiger partial charge in [-0.1, -0.05) is 29.4 Å². The number of nitrogens with zero attached hydrogens (tertiary/aromatic N) is 6. The van der Waals surface area contributed by atoms with Crippen molar-refractivity contribution in [3.63, 3.8) is 0 Å². The van der Waals surface area contributed by atoms with Crippen LogP contribution in [-0.2, 0) is 5.41 Å². The maximum absolute atomic E-state index is 5.67. The lowest BCUT2D eigenvalue weighted by Gasteiger charge is -2.27. The summed E-state index contributed by atoms with van der Waals surface area (Å²) in [5.74, 6) is 2.03. The van der Waals surface area contributed by atoms with Gasteiger partial charge in [-0.25, -0.2) is 9.97 Å². The summed E-state index contributed by atoms with van der Waals surface area (Å²) in [4.78, 5) is 13.0. The Kier molecular flexibility index (Phi) is 3.96. The molecule has 2 fully saturated rings. The number of hydrogen-bond acceptors (Lipinski definition) is 7. The lowest BCUT2D eigenvalue weighted by atomic mass is 9.77. The summed E-state index contributed by atoms with van der Waals surface area (Å²) >= 11 is 0. The van der Waals surface area contributed by atoms with E-state index >= 15 is 0 Å². The molecule has 1 aromatic carbocycles. The second-order valence-corrected chi connectivity index (χ2v) is 8.75. The molecule has 2 saturated carbocycles. The van der Waals surface area contributed by atoms with E-state index < -0.39 is 0 Å². The van der Waals surface area contributed by atoms with E-state index in [9.17, 15) is 0 Å². The van der Waals surface area contributed by atoms with Gasteiger partial charge in [0.25, 0.3) is 5.89 Å². The number of anilines is 1. The van der Waals surface area contributed by atoms with Crippen molar-refractivity contribution in [1.29, 1.82) is 0 Å². The number of hydrogen-bond donors (Lipinski definition) is 1. The van der Waals surface area contributed by atoms with Gasteiger partial charge in [0.05, 0.1) is 23.2 Å².